The summed E-state index contributed by atoms with van der Waals surface area (Å²) in [5.74, 6) is 5.34. The highest BCUT2D eigenvalue weighted by molar-refractivity contribution is 5.89. The number of amides is 2. The largest absolute Gasteiger partial charge is 0.480 e. The highest BCUT2D eigenvalue weighted by Gasteiger charge is 2.53. The van der Waals surface area contributed by atoms with Crippen LogP contribution in [0.4, 0.5) is 10.5 Å². The van der Waals surface area contributed by atoms with E-state index < -0.39 is 12.0 Å². The summed E-state index contributed by atoms with van der Waals surface area (Å²) in [7, 11) is 0. The minimum Gasteiger partial charge on any atom is -0.480 e. The summed E-state index contributed by atoms with van der Waals surface area (Å²) < 4.78 is 0. The molecule has 0 bridgehead atoms. The topological polar surface area (TPSA) is 72.9 Å². The Hall–Kier alpha value is -4.08. The van der Waals surface area contributed by atoms with Crippen LogP contribution in [0.2, 0.25) is 0 Å². The smallest absolute Gasteiger partial charge is 0.321 e. The van der Waals surface area contributed by atoms with Gasteiger partial charge in [0.1, 0.15) is 6.04 Å². The molecule has 2 aliphatic rings. The average molecular weight is 494 g/mol. The van der Waals surface area contributed by atoms with Crippen LogP contribution in [0.3, 0.4) is 0 Å². The molecule has 6 nitrogen and oxygen atoms in total. The minimum absolute atomic E-state index is 0.0496. The molecule has 5 rings (SSSR count). The van der Waals surface area contributed by atoms with Gasteiger partial charge in [-0.25, -0.2) is 4.79 Å². The van der Waals surface area contributed by atoms with E-state index in [9.17, 15) is 14.7 Å². The standard InChI is InChI=1S/C31H31N3O3/c1-22-9-17-26(18-10-22)32-31(37)33-19-5-6-20-34-27(21-33)28(29(34)30(35)36)25-15-13-24(14-16-25)12-11-23-7-3-2-4-8-23/h2-4,7-10,13-18,27-29H,5-6,19-21H2,1H3,(H,32,37)(H,35,36)/t27-,28+,29-/m0/s1. The number of carboxylic acids is 1. The lowest BCUT2D eigenvalue weighted by Gasteiger charge is -2.55. The molecule has 2 heterocycles. The third-order valence-corrected chi connectivity index (χ3v) is 7.30. The molecule has 0 spiro atoms. The summed E-state index contributed by atoms with van der Waals surface area (Å²) in [5, 5.41) is 13.1. The van der Waals surface area contributed by atoms with Crippen molar-refractivity contribution in [3.63, 3.8) is 0 Å². The molecule has 0 aliphatic carbocycles. The first kappa shape index (κ1) is 24.6. The van der Waals surface area contributed by atoms with Gasteiger partial charge in [0.15, 0.2) is 0 Å². The Morgan fingerprint density at radius 3 is 2.19 bits per heavy atom. The first-order chi connectivity index (χ1) is 18.0. The van der Waals surface area contributed by atoms with E-state index in [1.165, 1.54) is 0 Å². The first-order valence-corrected chi connectivity index (χ1v) is 12.8. The fourth-order valence-corrected chi connectivity index (χ4v) is 5.34. The van der Waals surface area contributed by atoms with Crippen LogP contribution in [0.1, 0.15) is 41.0 Å². The van der Waals surface area contributed by atoms with E-state index in [1.54, 1.807) is 0 Å². The summed E-state index contributed by atoms with van der Waals surface area (Å²) in [4.78, 5) is 29.3. The van der Waals surface area contributed by atoms with Crippen LogP contribution in [0.5, 0.6) is 0 Å². The van der Waals surface area contributed by atoms with Crippen molar-refractivity contribution in [1.29, 1.82) is 0 Å². The van der Waals surface area contributed by atoms with Gasteiger partial charge in [-0.2, -0.15) is 0 Å². The third-order valence-electron chi connectivity index (χ3n) is 7.30. The lowest BCUT2D eigenvalue weighted by molar-refractivity contribution is -0.156. The number of carboxylic acid groups (broad SMARTS) is 1. The Bertz CT molecular complexity index is 1310. The molecule has 2 N–H and O–H groups in total. The van der Waals surface area contributed by atoms with Crippen molar-refractivity contribution in [2.75, 3.05) is 25.0 Å². The Morgan fingerprint density at radius 1 is 0.865 bits per heavy atom. The van der Waals surface area contributed by atoms with Crippen molar-refractivity contribution in [1.82, 2.24) is 9.80 Å². The van der Waals surface area contributed by atoms with Crippen molar-refractivity contribution >= 4 is 17.7 Å². The zero-order chi connectivity index (χ0) is 25.8. The van der Waals surface area contributed by atoms with Crippen molar-refractivity contribution in [2.24, 2.45) is 0 Å². The Labute approximate surface area is 217 Å². The van der Waals surface area contributed by atoms with Gasteiger partial charge in [-0.3, -0.25) is 9.69 Å². The number of aliphatic carboxylic acids is 1. The molecule has 0 saturated carbocycles. The number of fused-ring (bicyclic) bond motifs is 1. The quantitative estimate of drug-likeness (QED) is 0.507. The maximum Gasteiger partial charge on any atom is 0.321 e. The highest BCUT2D eigenvalue weighted by Crippen LogP contribution is 2.42. The zero-order valence-electron chi connectivity index (χ0n) is 20.9. The molecule has 3 aromatic rings. The molecule has 2 aliphatic heterocycles. The summed E-state index contributed by atoms with van der Waals surface area (Å²) >= 11 is 0. The second-order valence-corrected chi connectivity index (χ2v) is 9.80. The number of carbonyl (C=O) groups excluding carboxylic acids is 1. The zero-order valence-corrected chi connectivity index (χ0v) is 20.9. The van der Waals surface area contributed by atoms with Gasteiger partial charge in [0, 0.05) is 41.9 Å². The summed E-state index contributed by atoms with van der Waals surface area (Å²) in [6.07, 6.45) is 1.70. The monoisotopic (exact) mass is 493 g/mol. The second kappa shape index (κ2) is 10.9. The number of nitrogens with one attached hydrogen (secondary N) is 1. The molecule has 2 saturated heterocycles. The van der Waals surface area contributed by atoms with E-state index in [-0.39, 0.29) is 18.0 Å². The van der Waals surface area contributed by atoms with Crippen LogP contribution in [0.15, 0.2) is 78.9 Å². The van der Waals surface area contributed by atoms with E-state index in [0.717, 1.165) is 47.3 Å². The minimum atomic E-state index is -0.814. The van der Waals surface area contributed by atoms with E-state index in [4.69, 9.17) is 0 Å². The summed E-state index contributed by atoms with van der Waals surface area (Å²) in [5.41, 5.74) is 4.70. The number of hydrogen-bond acceptors (Lipinski definition) is 3. The average Bonchev–Trinajstić information content (AvgIpc) is 2.89. The second-order valence-electron chi connectivity index (χ2n) is 9.80. The van der Waals surface area contributed by atoms with Gasteiger partial charge in [0.2, 0.25) is 0 Å². The van der Waals surface area contributed by atoms with Gasteiger partial charge < -0.3 is 15.3 Å². The Morgan fingerprint density at radius 2 is 1.51 bits per heavy atom. The molecule has 3 atom stereocenters. The normalized spacial score (nSPS) is 21.3. The third kappa shape index (κ3) is 5.52. The summed E-state index contributed by atoms with van der Waals surface area (Å²) in [6, 6.07) is 24.7. The number of aryl methyl sites for hydroxylation is 1. The van der Waals surface area contributed by atoms with Crippen LogP contribution in [-0.2, 0) is 4.79 Å². The number of hydrogen-bond donors (Lipinski definition) is 2. The van der Waals surface area contributed by atoms with E-state index in [0.29, 0.717) is 13.1 Å². The van der Waals surface area contributed by atoms with Crippen molar-refractivity contribution in [3.05, 3.63) is 101 Å². The predicted molar refractivity (Wildman–Crippen MR) is 145 cm³/mol. The number of carbonyl (C=O) groups is 2. The van der Waals surface area contributed by atoms with Crippen LogP contribution in [0.25, 0.3) is 0 Å². The van der Waals surface area contributed by atoms with Crippen molar-refractivity contribution in [2.45, 2.75) is 37.8 Å². The first-order valence-electron chi connectivity index (χ1n) is 12.8. The Balaban J connectivity index is 1.34. The van der Waals surface area contributed by atoms with Gasteiger partial charge >= 0.3 is 12.0 Å². The molecule has 0 aromatic heterocycles. The van der Waals surface area contributed by atoms with Crippen LogP contribution >= 0.6 is 0 Å². The molecular formula is C31H31N3O3. The fraction of sp³-hybridized carbons (Fsp3) is 0.290. The molecule has 188 valence electrons. The lowest BCUT2D eigenvalue weighted by Crippen LogP contribution is -2.69. The Kier molecular flexibility index (Phi) is 7.25. The number of rotatable bonds is 3. The number of anilines is 1. The van der Waals surface area contributed by atoms with E-state index in [2.05, 4.69) is 22.1 Å². The van der Waals surface area contributed by atoms with Gasteiger partial charge in [0.25, 0.3) is 0 Å². The number of nitrogens with zero attached hydrogens (tertiary/aromatic N) is 2. The predicted octanol–water partition coefficient (Wildman–Crippen LogP) is 4.94. The molecule has 0 radical (unpaired) electrons. The molecular weight excluding hydrogens is 462 g/mol. The van der Waals surface area contributed by atoms with Crippen molar-refractivity contribution < 1.29 is 14.7 Å². The van der Waals surface area contributed by atoms with Crippen LogP contribution in [0, 0.1) is 18.8 Å². The molecule has 2 amide bonds. The highest BCUT2D eigenvalue weighted by atomic mass is 16.4. The molecule has 2 fully saturated rings. The SMILES string of the molecule is Cc1ccc(NC(=O)N2CCCCN3[C@H](C(=O)O)[C@H](c4ccc(C#Cc5ccccc5)cc4)[C@@H]3C2)cc1. The fourth-order valence-electron chi connectivity index (χ4n) is 5.34. The number of benzene rings is 3. The van der Waals surface area contributed by atoms with Gasteiger partial charge in [-0.05, 0) is 68.3 Å². The van der Waals surface area contributed by atoms with Gasteiger partial charge in [-0.1, -0.05) is 59.9 Å². The van der Waals surface area contributed by atoms with Gasteiger partial charge in [0.05, 0.1) is 0 Å². The summed E-state index contributed by atoms with van der Waals surface area (Å²) in [6.45, 7) is 3.88. The van der Waals surface area contributed by atoms with Crippen molar-refractivity contribution in [3.8, 4) is 11.8 Å². The maximum absolute atomic E-state index is 13.2. The lowest BCUT2D eigenvalue weighted by atomic mass is 9.74. The molecule has 0 unspecified atom stereocenters. The van der Waals surface area contributed by atoms with Crippen LogP contribution < -0.4 is 5.32 Å². The molecule has 37 heavy (non-hydrogen) atoms. The van der Waals surface area contributed by atoms with Crippen LogP contribution in [-0.4, -0.2) is 58.6 Å². The maximum atomic E-state index is 13.2. The molecule has 3 aromatic carbocycles. The molecule has 6 heteroatoms. The van der Waals surface area contributed by atoms with E-state index in [1.807, 2.05) is 90.7 Å². The van der Waals surface area contributed by atoms with Gasteiger partial charge in [-0.15, -0.1) is 0 Å². The van der Waals surface area contributed by atoms with E-state index >= 15 is 0 Å². The number of urea groups is 1.